The molecular weight excluding hydrogens is 444 g/mol. The van der Waals surface area contributed by atoms with Gasteiger partial charge in [-0.2, -0.15) is 13.2 Å². The lowest BCUT2D eigenvalue weighted by Gasteiger charge is -2.42. The zero-order chi connectivity index (χ0) is 23.9. The molecule has 0 spiro atoms. The summed E-state index contributed by atoms with van der Waals surface area (Å²) in [5, 5.41) is 5.09. The normalized spacial score (nSPS) is 25.8. The van der Waals surface area contributed by atoms with Gasteiger partial charge in [-0.15, -0.1) is 0 Å². The molecule has 1 saturated heterocycles. The summed E-state index contributed by atoms with van der Waals surface area (Å²) in [6.07, 6.45) is -3.14. The van der Waals surface area contributed by atoms with Crippen molar-refractivity contribution in [3.63, 3.8) is 0 Å². The Hall–Kier alpha value is -2.23. The Morgan fingerprint density at radius 3 is 2.19 bits per heavy atom. The van der Waals surface area contributed by atoms with Gasteiger partial charge in [-0.3, -0.25) is 10.1 Å². The van der Waals surface area contributed by atoms with Gasteiger partial charge in [0, 0.05) is 10.7 Å². The van der Waals surface area contributed by atoms with E-state index in [1.807, 2.05) is 0 Å². The fraction of sp³-hybridized carbons (Fsp3) is 0.471. The first-order valence-electron chi connectivity index (χ1n) is 10.3. The number of urea groups is 2. The Balaban J connectivity index is 1.65. The van der Waals surface area contributed by atoms with Crippen LogP contribution in [0.2, 0.25) is 5.02 Å². The van der Waals surface area contributed by atoms with E-state index in [9.17, 15) is 27.6 Å². The number of amides is 5. The zero-order valence-electron chi connectivity index (χ0n) is 18.0. The lowest BCUT2D eigenvalue weighted by Crippen LogP contribution is -2.63. The molecule has 1 aliphatic carbocycles. The van der Waals surface area contributed by atoms with Gasteiger partial charge in [-0.25, -0.2) is 9.59 Å². The fourth-order valence-electron chi connectivity index (χ4n) is 5.18. The second kappa shape index (κ2) is 6.88. The average molecular weight is 464 g/mol. The minimum absolute atomic E-state index is 0.0841. The maximum Gasteiger partial charge on any atom is 0.417 e. The number of nitrogens with zero attached hydrogens (tertiary/aromatic N) is 1. The van der Waals surface area contributed by atoms with Crippen molar-refractivity contribution in [2.45, 2.75) is 35.2 Å². The summed E-state index contributed by atoms with van der Waals surface area (Å²) in [5.41, 5.74) is -1.32. The number of halogens is 4. The molecule has 3 N–H and O–H groups in total. The molecule has 32 heavy (non-hydrogen) atoms. The van der Waals surface area contributed by atoms with Crippen LogP contribution in [0, 0.1) is 5.92 Å². The van der Waals surface area contributed by atoms with Crippen molar-refractivity contribution in [2.24, 2.45) is 5.92 Å². The van der Waals surface area contributed by atoms with Crippen molar-refractivity contribution in [2.75, 3.05) is 6.54 Å². The maximum absolute atomic E-state index is 13.5. The lowest BCUT2D eigenvalue weighted by atomic mass is 9.57. The van der Waals surface area contributed by atoms with E-state index in [0.717, 1.165) is 18.9 Å². The van der Waals surface area contributed by atoms with Gasteiger partial charge in [0.05, 0.1) is 17.1 Å². The molecule has 2 fully saturated rings. The number of nitrogens with one attached hydrogen (secondary N) is 3. The minimum atomic E-state index is -4.63. The van der Waals surface area contributed by atoms with E-state index < -0.39 is 50.9 Å². The highest BCUT2D eigenvalue weighted by Crippen LogP contribution is 2.48. The highest BCUT2D eigenvalue weighted by molar-refractivity contribution is 6.47. The summed E-state index contributed by atoms with van der Waals surface area (Å²) in [4.78, 5) is 39.0. The first-order chi connectivity index (χ1) is 14.6. The van der Waals surface area contributed by atoms with Crippen molar-refractivity contribution >= 4 is 61.0 Å². The number of benzene rings is 1. The molecule has 0 bridgehead atoms. The molecule has 0 unspecified atom stereocenters. The molecule has 0 aromatic heterocycles. The summed E-state index contributed by atoms with van der Waals surface area (Å²) in [5.74, 6) is -0.575. The van der Waals surface area contributed by atoms with Gasteiger partial charge in [-0.1, -0.05) is 11.6 Å². The number of carbonyl (C=O) groups excluding carboxylic acids is 3. The van der Waals surface area contributed by atoms with Crippen molar-refractivity contribution < 1.29 is 27.6 Å². The molecule has 2 heterocycles. The highest BCUT2D eigenvalue weighted by Gasteiger charge is 2.57. The number of hydrogen-bond acceptors (Lipinski definition) is 3. The van der Waals surface area contributed by atoms with Crippen LogP contribution in [-0.2, 0) is 21.6 Å². The van der Waals surface area contributed by atoms with Gasteiger partial charge in [0.15, 0.2) is 0 Å². The maximum atomic E-state index is 13.5. The van der Waals surface area contributed by atoms with Gasteiger partial charge in [0.2, 0.25) is 0 Å². The predicted molar refractivity (Wildman–Crippen MR) is 121 cm³/mol. The van der Waals surface area contributed by atoms with E-state index in [2.05, 4.69) is 16.0 Å². The summed E-state index contributed by atoms with van der Waals surface area (Å²) >= 11 is 5.95. The van der Waals surface area contributed by atoms with Crippen LogP contribution in [0.1, 0.15) is 29.5 Å². The van der Waals surface area contributed by atoms with Gasteiger partial charge < -0.3 is 15.5 Å². The molecular formula is C17H20B4ClF3N4O3. The Kier molecular flexibility index (Phi) is 4.94. The molecule has 2 aliphatic heterocycles. The third-order valence-corrected chi connectivity index (χ3v) is 7.13. The van der Waals surface area contributed by atoms with Crippen LogP contribution < -0.4 is 16.0 Å². The summed E-state index contributed by atoms with van der Waals surface area (Å²) in [6.45, 7) is -0.123. The van der Waals surface area contributed by atoms with E-state index in [0.29, 0.717) is 11.1 Å². The largest absolute Gasteiger partial charge is 0.417 e. The molecule has 1 atom stereocenters. The molecule has 0 radical (unpaired) electrons. The van der Waals surface area contributed by atoms with Crippen molar-refractivity contribution in [1.82, 2.24) is 20.9 Å². The SMILES string of the molecule is BC1(B)c2cc(Cl)c(C(F)(F)F)cc2C(B)(B)N1C(=O)NC[C@@]1(C2CC2)NC(=O)NC1=O. The summed E-state index contributed by atoms with van der Waals surface area (Å²) in [6, 6.07) is 1.10. The van der Waals surface area contributed by atoms with Gasteiger partial charge in [0.1, 0.15) is 36.9 Å². The van der Waals surface area contributed by atoms with Crippen LogP contribution in [0.3, 0.4) is 0 Å². The number of hydrogen-bond donors (Lipinski definition) is 3. The first kappa shape index (κ1) is 22.9. The second-order valence-corrected chi connectivity index (χ2v) is 10.0. The van der Waals surface area contributed by atoms with Gasteiger partial charge in [0.25, 0.3) is 5.91 Å². The summed E-state index contributed by atoms with van der Waals surface area (Å²) in [7, 11) is 6.78. The average Bonchev–Trinajstić information content (AvgIpc) is 3.41. The van der Waals surface area contributed by atoms with E-state index in [-0.39, 0.29) is 12.5 Å². The standard InChI is InChI=1S/C17H20B4ClF3N4O3/c18-15(19)7-3-9(17(23,24)25)10(22)4-8(7)16(20,21)29(15)13(32)26-5-14(6-1-2-6)11(30)27-12(31)28-14/h3-4,6H,1-2,5,18-21H2,(H,26,32)(H2,27,28,30,31)/t14-/m0/s1. The number of alkyl halides is 3. The third kappa shape index (κ3) is 3.29. The van der Waals surface area contributed by atoms with Crippen LogP contribution in [0.4, 0.5) is 22.8 Å². The van der Waals surface area contributed by atoms with Crippen LogP contribution in [0.15, 0.2) is 12.1 Å². The molecule has 1 saturated carbocycles. The Labute approximate surface area is 191 Å². The second-order valence-electron chi connectivity index (χ2n) is 9.64. The van der Waals surface area contributed by atoms with Gasteiger partial charge >= 0.3 is 18.2 Å². The summed E-state index contributed by atoms with van der Waals surface area (Å²) < 4.78 is 40.4. The third-order valence-electron chi connectivity index (χ3n) is 6.81. The van der Waals surface area contributed by atoms with E-state index in [1.165, 1.54) is 11.0 Å². The Bertz CT molecular complexity index is 1050. The van der Waals surface area contributed by atoms with Crippen molar-refractivity contribution in [3.05, 3.63) is 33.8 Å². The van der Waals surface area contributed by atoms with Crippen LogP contribution >= 0.6 is 11.6 Å². The Morgan fingerprint density at radius 1 is 1.16 bits per heavy atom. The van der Waals surface area contributed by atoms with Crippen molar-refractivity contribution in [1.29, 1.82) is 0 Å². The molecule has 15 heteroatoms. The quantitative estimate of drug-likeness (QED) is 0.362. The molecule has 4 rings (SSSR count). The smallest absolute Gasteiger partial charge is 0.337 e. The minimum Gasteiger partial charge on any atom is -0.337 e. The zero-order valence-corrected chi connectivity index (χ0v) is 18.8. The fourth-order valence-corrected chi connectivity index (χ4v) is 5.45. The monoisotopic (exact) mass is 464 g/mol. The molecule has 5 amide bonds. The topological polar surface area (TPSA) is 90.5 Å². The number of imide groups is 1. The van der Waals surface area contributed by atoms with Crippen LogP contribution in [0.25, 0.3) is 0 Å². The lowest BCUT2D eigenvalue weighted by molar-refractivity contribution is -0.137. The van der Waals surface area contributed by atoms with Crippen LogP contribution in [-0.4, -0.2) is 66.3 Å². The highest BCUT2D eigenvalue weighted by atomic mass is 35.5. The number of carbonyl (C=O) groups is 3. The van der Waals surface area contributed by atoms with E-state index in [1.54, 1.807) is 31.4 Å². The first-order valence-corrected chi connectivity index (χ1v) is 10.6. The number of rotatable bonds is 3. The predicted octanol–water partition coefficient (Wildman–Crippen LogP) is -1.87. The van der Waals surface area contributed by atoms with Crippen molar-refractivity contribution in [3.8, 4) is 0 Å². The molecule has 1 aromatic rings. The van der Waals surface area contributed by atoms with E-state index in [4.69, 9.17) is 11.6 Å². The Morgan fingerprint density at radius 2 is 1.72 bits per heavy atom. The van der Waals surface area contributed by atoms with Gasteiger partial charge in [-0.05, 0) is 42.0 Å². The van der Waals surface area contributed by atoms with E-state index >= 15 is 0 Å². The molecule has 1 aromatic carbocycles. The molecule has 7 nitrogen and oxygen atoms in total. The number of fused-ring (bicyclic) bond motifs is 1. The van der Waals surface area contributed by atoms with Crippen LogP contribution in [0.5, 0.6) is 0 Å². The molecule has 3 aliphatic rings. The molecule has 166 valence electrons.